The van der Waals surface area contributed by atoms with E-state index in [1.54, 1.807) is 41.3 Å². The lowest BCUT2D eigenvalue weighted by atomic mass is 10.2. The van der Waals surface area contributed by atoms with Crippen LogP contribution < -0.4 is 4.90 Å². The Hall–Kier alpha value is -2.06. The minimum Gasteiger partial charge on any atom is -0.379 e. The van der Waals surface area contributed by atoms with E-state index in [1.165, 1.54) is 17.4 Å². The molecule has 0 aliphatic carbocycles. The number of rotatable bonds is 5. The van der Waals surface area contributed by atoms with Crippen LogP contribution in [-0.2, 0) is 4.74 Å². The highest BCUT2D eigenvalue weighted by molar-refractivity contribution is 7.22. The monoisotopic (exact) mass is 419 g/mol. The van der Waals surface area contributed by atoms with E-state index in [2.05, 4.69) is 9.88 Å². The molecule has 1 aliphatic heterocycles. The van der Waals surface area contributed by atoms with Crippen LogP contribution in [0.5, 0.6) is 0 Å². The van der Waals surface area contributed by atoms with Crippen LogP contribution in [0.1, 0.15) is 10.4 Å². The van der Waals surface area contributed by atoms with Crippen LogP contribution in [0.2, 0.25) is 5.02 Å². The van der Waals surface area contributed by atoms with Crippen LogP contribution in [0.25, 0.3) is 10.2 Å². The van der Waals surface area contributed by atoms with E-state index in [1.807, 2.05) is 0 Å². The van der Waals surface area contributed by atoms with Gasteiger partial charge in [-0.1, -0.05) is 41.1 Å². The van der Waals surface area contributed by atoms with E-state index in [9.17, 15) is 9.18 Å². The Labute approximate surface area is 171 Å². The molecule has 2 heterocycles. The van der Waals surface area contributed by atoms with Gasteiger partial charge in [0.05, 0.1) is 28.5 Å². The van der Waals surface area contributed by atoms with Crippen LogP contribution in [0.3, 0.4) is 0 Å². The molecule has 0 bridgehead atoms. The molecule has 1 aliphatic rings. The van der Waals surface area contributed by atoms with Crippen molar-refractivity contribution >= 4 is 44.2 Å². The van der Waals surface area contributed by atoms with E-state index >= 15 is 0 Å². The van der Waals surface area contributed by atoms with Gasteiger partial charge in [0.2, 0.25) is 0 Å². The van der Waals surface area contributed by atoms with E-state index < -0.39 is 5.82 Å². The topological polar surface area (TPSA) is 45.7 Å². The van der Waals surface area contributed by atoms with Gasteiger partial charge in [0.25, 0.3) is 5.91 Å². The Morgan fingerprint density at radius 3 is 2.75 bits per heavy atom. The molecule has 1 amide bonds. The molecule has 0 atom stereocenters. The summed E-state index contributed by atoms with van der Waals surface area (Å²) in [6.45, 7) is 4.13. The van der Waals surface area contributed by atoms with Gasteiger partial charge in [-0.05, 0) is 24.3 Å². The number of benzene rings is 2. The fourth-order valence-corrected chi connectivity index (χ4v) is 4.37. The maximum Gasteiger partial charge on any atom is 0.261 e. The number of ether oxygens (including phenoxy) is 1. The third-order valence-electron chi connectivity index (χ3n) is 4.68. The molecular formula is C20H19ClFN3O2S. The average Bonchev–Trinajstić information content (AvgIpc) is 3.14. The predicted molar refractivity (Wildman–Crippen MR) is 110 cm³/mol. The first-order valence-electron chi connectivity index (χ1n) is 9.05. The minimum atomic E-state index is -0.390. The lowest BCUT2D eigenvalue weighted by Crippen LogP contribution is -2.43. The van der Waals surface area contributed by atoms with Crippen molar-refractivity contribution in [3.8, 4) is 0 Å². The van der Waals surface area contributed by atoms with Crippen LogP contribution in [0, 0.1) is 5.82 Å². The molecule has 5 nitrogen and oxygen atoms in total. The number of amides is 1. The number of hydrogen-bond acceptors (Lipinski definition) is 5. The molecular weight excluding hydrogens is 401 g/mol. The zero-order valence-corrected chi connectivity index (χ0v) is 16.7. The molecule has 0 unspecified atom stereocenters. The lowest BCUT2D eigenvalue weighted by molar-refractivity contribution is 0.0391. The third kappa shape index (κ3) is 4.03. The molecule has 0 radical (unpaired) electrons. The highest BCUT2D eigenvalue weighted by atomic mass is 35.5. The van der Waals surface area contributed by atoms with Crippen molar-refractivity contribution < 1.29 is 13.9 Å². The van der Waals surface area contributed by atoms with Crippen molar-refractivity contribution in [3.05, 3.63) is 58.9 Å². The van der Waals surface area contributed by atoms with E-state index in [0.29, 0.717) is 46.7 Å². The molecule has 1 saturated heterocycles. The van der Waals surface area contributed by atoms with E-state index in [-0.39, 0.29) is 11.4 Å². The predicted octanol–water partition coefficient (Wildman–Crippen LogP) is 4.07. The zero-order valence-electron chi connectivity index (χ0n) is 15.1. The maximum absolute atomic E-state index is 14.1. The quantitative estimate of drug-likeness (QED) is 0.625. The number of nitrogens with zero attached hydrogens (tertiary/aromatic N) is 3. The fourth-order valence-electron chi connectivity index (χ4n) is 3.15. The number of carbonyl (C=O) groups excluding carboxylic acids is 1. The van der Waals surface area contributed by atoms with Gasteiger partial charge < -0.3 is 4.74 Å². The van der Waals surface area contributed by atoms with Crippen LogP contribution in [-0.4, -0.2) is 55.2 Å². The molecule has 1 fully saturated rings. The smallest absolute Gasteiger partial charge is 0.261 e. The number of fused-ring (bicyclic) bond motifs is 1. The fraction of sp³-hybridized carbons (Fsp3) is 0.300. The molecule has 3 aromatic rings. The summed E-state index contributed by atoms with van der Waals surface area (Å²) in [5, 5.41) is 0.856. The summed E-state index contributed by atoms with van der Waals surface area (Å²) >= 11 is 7.55. The summed E-state index contributed by atoms with van der Waals surface area (Å²) in [5.41, 5.74) is 0.691. The first-order valence-corrected chi connectivity index (χ1v) is 10.2. The first-order chi connectivity index (χ1) is 13.6. The van der Waals surface area contributed by atoms with Crippen molar-refractivity contribution in [1.29, 1.82) is 0 Å². The number of halogens is 2. The Morgan fingerprint density at radius 1 is 1.21 bits per heavy atom. The largest absolute Gasteiger partial charge is 0.379 e. The lowest BCUT2D eigenvalue weighted by Gasteiger charge is -2.29. The number of hydrogen-bond donors (Lipinski definition) is 0. The summed E-state index contributed by atoms with van der Waals surface area (Å²) in [6, 6.07) is 11.8. The second-order valence-corrected chi connectivity index (χ2v) is 7.89. The summed E-state index contributed by atoms with van der Waals surface area (Å²) in [7, 11) is 0. The number of anilines is 1. The van der Waals surface area contributed by atoms with Gasteiger partial charge in [-0.3, -0.25) is 14.6 Å². The number of thiazole rings is 1. The highest BCUT2D eigenvalue weighted by Gasteiger charge is 2.24. The number of para-hydroxylation sites is 1. The van der Waals surface area contributed by atoms with Gasteiger partial charge >= 0.3 is 0 Å². The Bertz CT molecular complexity index is 990. The van der Waals surface area contributed by atoms with Crippen LogP contribution in [0.15, 0.2) is 42.5 Å². The normalized spacial score (nSPS) is 15.1. The van der Waals surface area contributed by atoms with Crippen molar-refractivity contribution in [2.45, 2.75) is 0 Å². The molecule has 28 heavy (non-hydrogen) atoms. The average molecular weight is 420 g/mol. The summed E-state index contributed by atoms with van der Waals surface area (Å²) in [6.07, 6.45) is 0. The first kappa shape index (κ1) is 19.3. The molecule has 2 aromatic carbocycles. The molecule has 4 rings (SSSR count). The molecule has 0 saturated carbocycles. The summed E-state index contributed by atoms with van der Waals surface area (Å²) < 4.78 is 20.2. The van der Waals surface area contributed by atoms with Crippen LogP contribution in [0.4, 0.5) is 9.52 Å². The summed E-state index contributed by atoms with van der Waals surface area (Å²) in [4.78, 5) is 21.5. The summed E-state index contributed by atoms with van der Waals surface area (Å²) in [5.74, 6) is -0.628. The Balaban J connectivity index is 1.66. The van der Waals surface area contributed by atoms with Crippen LogP contribution >= 0.6 is 22.9 Å². The maximum atomic E-state index is 14.1. The van der Waals surface area contributed by atoms with Gasteiger partial charge in [0.1, 0.15) is 11.3 Å². The number of carbonyl (C=O) groups is 1. The second-order valence-electron chi connectivity index (χ2n) is 6.47. The van der Waals surface area contributed by atoms with Crippen molar-refractivity contribution in [3.63, 3.8) is 0 Å². The van der Waals surface area contributed by atoms with Gasteiger partial charge in [0, 0.05) is 26.2 Å². The molecule has 0 spiro atoms. The second kappa shape index (κ2) is 8.53. The molecule has 146 valence electrons. The molecule has 8 heteroatoms. The van der Waals surface area contributed by atoms with Crippen molar-refractivity contribution in [1.82, 2.24) is 9.88 Å². The third-order valence-corrected chi connectivity index (χ3v) is 6.06. The highest BCUT2D eigenvalue weighted by Crippen LogP contribution is 2.31. The Morgan fingerprint density at radius 2 is 2.00 bits per heavy atom. The van der Waals surface area contributed by atoms with Crippen molar-refractivity contribution in [2.24, 2.45) is 0 Å². The van der Waals surface area contributed by atoms with E-state index in [4.69, 9.17) is 16.3 Å². The Kier molecular flexibility index (Phi) is 5.87. The standard InChI is InChI=1S/C20H19ClFN3O2S/c21-15-5-2-1-4-14(15)19(26)25(9-8-24-10-12-27-13-11-24)20-23-18-16(22)6-3-7-17(18)28-20/h1-7H,8-13H2. The van der Waals surface area contributed by atoms with Gasteiger partial charge in [-0.2, -0.15) is 0 Å². The minimum absolute atomic E-state index is 0.238. The number of aromatic nitrogens is 1. The van der Waals surface area contributed by atoms with Crippen molar-refractivity contribution in [2.75, 3.05) is 44.3 Å². The number of morpholine rings is 1. The molecule has 1 aromatic heterocycles. The van der Waals surface area contributed by atoms with Gasteiger partial charge in [-0.25, -0.2) is 9.37 Å². The van der Waals surface area contributed by atoms with E-state index in [0.717, 1.165) is 13.1 Å². The molecule has 0 N–H and O–H groups in total. The SMILES string of the molecule is O=C(c1ccccc1Cl)N(CCN1CCOCC1)c1nc2c(F)cccc2s1. The van der Waals surface area contributed by atoms with Gasteiger partial charge in [0.15, 0.2) is 5.13 Å². The zero-order chi connectivity index (χ0) is 19.5. The van der Waals surface area contributed by atoms with Gasteiger partial charge in [-0.15, -0.1) is 0 Å².